The van der Waals surface area contributed by atoms with Gasteiger partial charge in [0, 0.05) is 12.0 Å². The molecule has 0 amide bonds. The van der Waals surface area contributed by atoms with E-state index in [1.807, 2.05) is 60.7 Å². The second kappa shape index (κ2) is 9.42. The summed E-state index contributed by atoms with van der Waals surface area (Å²) >= 11 is 0. The zero-order valence-electron chi connectivity index (χ0n) is 12.3. The number of hydrogen-bond donors (Lipinski definition) is 1. The van der Waals surface area contributed by atoms with E-state index in [0.717, 1.165) is 11.1 Å². The van der Waals surface area contributed by atoms with Gasteiger partial charge in [-0.25, -0.2) is 0 Å². The van der Waals surface area contributed by atoms with E-state index < -0.39 is 6.10 Å². The topological polar surface area (TPSA) is 29.5 Å². The van der Waals surface area contributed by atoms with Crippen LogP contribution in [0.25, 0.3) is 0 Å². The number of hydrogen-bond acceptors (Lipinski definition) is 2. The quantitative estimate of drug-likeness (QED) is 0.858. The molecule has 0 unspecified atom stereocenters. The summed E-state index contributed by atoms with van der Waals surface area (Å²) in [6.07, 6.45) is -0.229. The molecule has 0 saturated heterocycles. The molecule has 0 aliphatic rings. The van der Waals surface area contributed by atoms with Gasteiger partial charge in [-0.2, -0.15) is 0 Å². The monoisotopic (exact) mass is 290 g/mol. The van der Waals surface area contributed by atoms with Crippen LogP contribution in [-0.4, -0.2) is 17.8 Å². The van der Waals surface area contributed by atoms with E-state index in [9.17, 15) is 5.11 Å². The Labute approximate surface area is 131 Å². The first kappa shape index (κ1) is 15.9. The van der Waals surface area contributed by atoms with Crippen LogP contribution in [0.5, 0.6) is 0 Å². The Balaban J connectivity index is 1.67. The van der Waals surface area contributed by atoms with Crippen molar-refractivity contribution in [3.8, 4) is 23.7 Å². The summed E-state index contributed by atoms with van der Waals surface area (Å²) in [5.41, 5.74) is 2.03. The van der Waals surface area contributed by atoms with Gasteiger partial charge < -0.3 is 9.84 Å². The average molecular weight is 290 g/mol. The molecule has 0 aromatic heterocycles. The van der Waals surface area contributed by atoms with E-state index in [-0.39, 0.29) is 6.61 Å². The summed E-state index contributed by atoms with van der Waals surface area (Å²) in [6, 6.07) is 19.6. The van der Waals surface area contributed by atoms with Gasteiger partial charge in [-0.3, -0.25) is 0 Å². The highest BCUT2D eigenvalue weighted by atomic mass is 16.5. The molecule has 2 rings (SSSR count). The minimum Gasteiger partial charge on any atom is -0.390 e. The van der Waals surface area contributed by atoms with Gasteiger partial charge in [-0.1, -0.05) is 60.4 Å². The Morgan fingerprint density at radius 2 is 1.59 bits per heavy atom. The molecule has 0 saturated carbocycles. The molecule has 22 heavy (non-hydrogen) atoms. The zero-order chi connectivity index (χ0) is 15.5. The summed E-state index contributed by atoms with van der Waals surface area (Å²) in [6.45, 7) is 0.773. The molecule has 2 aromatic carbocycles. The average Bonchev–Trinajstić information content (AvgIpc) is 2.56. The van der Waals surface area contributed by atoms with Crippen LogP contribution in [0, 0.1) is 23.7 Å². The van der Waals surface area contributed by atoms with Gasteiger partial charge in [-0.05, 0) is 29.5 Å². The van der Waals surface area contributed by atoms with Crippen LogP contribution in [0.2, 0.25) is 0 Å². The highest BCUT2D eigenvalue weighted by Crippen LogP contribution is 2.01. The van der Waals surface area contributed by atoms with Crippen molar-refractivity contribution in [3.05, 3.63) is 71.8 Å². The number of ether oxygens (including phenoxy) is 1. The van der Waals surface area contributed by atoms with Crippen molar-refractivity contribution in [2.45, 2.75) is 19.1 Å². The van der Waals surface area contributed by atoms with Crippen LogP contribution >= 0.6 is 0 Å². The number of benzene rings is 2. The first-order valence-electron chi connectivity index (χ1n) is 7.18. The minimum atomic E-state index is -0.588. The van der Waals surface area contributed by atoms with Crippen molar-refractivity contribution in [1.29, 1.82) is 0 Å². The first-order valence-corrected chi connectivity index (χ1v) is 7.18. The highest BCUT2D eigenvalue weighted by Gasteiger charge is 2.01. The van der Waals surface area contributed by atoms with Crippen molar-refractivity contribution < 1.29 is 9.84 Å². The third kappa shape index (κ3) is 6.29. The fourth-order valence-corrected chi connectivity index (χ4v) is 1.78. The van der Waals surface area contributed by atoms with Crippen LogP contribution in [0.15, 0.2) is 60.7 Å². The third-order valence-corrected chi connectivity index (χ3v) is 2.89. The van der Waals surface area contributed by atoms with E-state index in [2.05, 4.69) is 23.7 Å². The maximum absolute atomic E-state index is 9.77. The van der Waals surface area contributed by atoms with E-state index in [1.54, 1.807) is 0 Å². The van der Waals surface area contributed by atoms with Crippen LogP contribution in [0.1, 0.15) is 17.5 Å². The molecule has 0 radical (unpaired) electrons. The van der Waals surface area contributed by atoms with Crippen LogP contribution < -0.4 is 0 Å². The summed E-state index contributed by atoms with van der Waals surface area (Å²) < 4.78 is 5.45. The standard InChI is InChI=1S/C20H18O2/c21-20(17-22-16-19-13-7-2-8-14-19)15-9-3-6-12-18-10-4-1-5-11-18/h1-2,4-5,7-8,10-11,13-14,20-21H,15-17H2/t20-/m0/s1. The van der Waals surface area contributed by atoms with Crippen LogP contribution in [0.4, 0.5) is 0 Å². The molecule has 0 aliphatic heterocycles. The molecule has 0 aliphatic carbocycles. The molecule has 1 atom stereocenters. The smallest absolute Gasteiger partial charge is 0.0883 e. The van der Waals surface area contributed by atoms with Crippen molar-refractivity contribution in [2.24, 2.45) is 0 Å². The molecular weight excluding hydrogens is 272 g/mol. The van der Waals surface area contributed by atoms with E-state index in [1.165, 1.54) is 0 Å². The lowest BCUT2D eigenvalue weighted by molar-refractivity contribution is 0.0311. The molecule has 2 heteroatoms. The van der Waals surface area contributed by atoms with Gasteiger partial charge in [0.25, 0.3) is 0 Å². The maximum atomic E-state index is 9.77. The lowest BCUT2D eigenvalue weighted by atomic mass is 10.2. The van der Waals surface area contributed by atoms with Gasteiger partial charge >= 0.3 is 0 Å². The van der Waals surface area contributed by atoms with E-state index in [0.29, 0.717) is 13.0 Å². The second-order valence-corrected chi connectivity index (χ2v) is 4.78. The maximum Gasteiger partial charge on any atom is 0.0883 e. The summed E-state index contributed by atoms with van der Waals surface area (Å²) in [7, 11) is 0. The molecule has 1 N–H and O–H groups in total. The molecule has 2 nitrogen and oxygen atoms in total. The Hall–Kier alpha value is -2.52. The van der Waals surface area contributed by atoms with Gasteiger partial charge in [0.1, 0.15) is 0 Å². The lowest BCUT2D eigenvalue weighted by Crippen LogP contribution is -2.14. The van der Waals surface area contributed by atoms with E-state index in [4.69, 9.17) is 4.74 Å². The Bertz CT molecular complexity index is 670. The molecule has 0 heterocycles. The predicted molar refractivity (Wildman–Crippen MR) is 87.8 cm³/mol. The zero-order valence-corrected chi connectivity index (χ0v) is 12.3. The van der Waals surface area contributed by atoms with Crippen LogP contribution in [-0.2, 0) is 11.3 Å². The van der Waals surface area contributed by atoms with Gasteiger partial charge in [0.05, 0.1) is 19.3 Å². The SMILES string of the molecule is O[C@@H](CC#CC#Cc1ccccc1)COCc1ccccc1. The summed E-state index contributed by atoms with van der Waals surface area (Å²) in [5, 5.41) is 9.77. The molecular formula is C20H18O2. The molecule has 0 fully saturated rings. The summed E-state index contributed by atoms with van der Waals surface area (Å²) in [5.74, 6) is 11.3. The molecule has 2 aromatic rings. The first-order chi connectivity index (χ1) is 10.8. The third-order valence-electron chi connectivity index (χ3n) is 2.89. The normalized spacial score (nSPS) is 10.8. The number of rotatable bonds is 5. The largest absolute Gasteiger partial charge is 0.390 e. The number of aliphatic hydroxyl groups is 1. The Morgan fingerprint density at radius 3 is 2.32 bits per heavy atom. The van der Waals surface area contributed by atoms with Gasteiger partial charge in [0.15, 0.2) is 0 Å². The van der Waals surface area contributed by atoms with Gasteiger partial charge in [0.2, 0.25) is 0 Å². The second-order valence-electron chi connectivity index (χ2n) is 4.78. The van der Waals surface area contributed by atoms with Crippen LogP contribution in [0.3, 0.4) is 0 Å². The Morgan fingerprint density at radius 1 is 0.909 bits per heavy atom. The van der Waals surface area contributed by atoms with Crippen molar-refractivity contribution >= 4 is 0 Å². The van der Waals surface area contributed by atoms with Crippen molar-refractivity contribution in [2.75, 3.05) is 6.61 Å². The van der Waals surface area contributed by atoms with Crippen molar-refractivity contribution in [3.63, 3.8) is 0 Å². The Kier molecular flexibility index (Phi) is 6.79. The molecule has 0 bridgehead atoms. The molecule has 0 spiro atoms. The van der Waals surface area contributed by atoms with Gasteiger partial charge in [-0.15, -0.1) is 0 Å². The lowest BCUT2D eigenvalue weighted by Gasteiger charge is -2.08. The molecule has 110 valence electrons. The summed E-state index contributed by atoms with van der Waals surface area (Å²) in [4.78, 5) is 0. The minimum absolute atomic E-state index is 0.274. The van der Waals surface area contributed by atoms with E-state index >= 15 is 0 Å². The number of aliphatic hydroxyl groups excluding tert-OH is 1. The highest BCUT2D eigenvalue weighted by molar-refractivity contribution is 5.39. The predicted octanol–water partition coefficient (Wildman–Crippen LogP) is 3.01. The fourth-order valence-electron chi connectivity index (χ4n) is 1.78. The van der Waals surface area contributed by atoms with Crippen molar-refractivity contribution in [1.82, 2.24) is 0 Å². The fraction of sp³-hybridized carbons (Fsp3) is 0.200.